The van der Waals surface area contributed by atoms with Gasteiger partial charge in [-0.15, -0.1) is 0 Å². The van der Waals surface area contributed by atoms with E-state index in [9.17, 15) is 0 Å². The van der Waals surface area contributed by atoms with Crippen LogP contribution in [-0.2, 0) is 0 Å². The highest BCUT2D eigenvalue weighted by Crippen LogP contribution is 2.17. The third kappa shape index (κ3) is 4.92. The summed E-state index contributed by atoms with van der Waals surface area (Å²) in [5, 5.41) is 3.74. The minimum atomic E-state index is 0.693. The van der Waals surface area contributed by atoms with Gasteiger partial charge in [0.25, 0.3) is 0 Å². The Morgan fingerprint density at radius 3 is 2.38 bits per heavy atom. The van der Waals surface area contributed by atoms with Crippen LogP contribution in [0, 0.1) is 0 Å². The third-order valence-corrected chi connectivity index (χ3v) is 3.63. The average molecular weight is 201 g/mol. The standard InChI is InChI=1S/C11H23NS/c1-10(9-13-2)12-11-7-5-3-4-6-8-11/h10-12H,3-9H2,1-2H3. The first-order valence-electron chi connectivity index (χ1n) is 5.58. The van der Waals surface area contributed by atoms with Crippen molar-refractivity contribution in [2.75, 3.05) is 12.0 Å². The smallest absolute Gasteiger partial charge is 0.0132 e. The number of rotatable bonds is 4. The molecule has 1 aliphatic carbocycles. The second-order valence-corrected chi connectivity index (χ2v) is 5.12. The topological polar surface area (TPSA) is 12.0 Å². The first-order valence-corrected chi connectivity index (χ1v) is 6.97. The normalized spacial score (nSPS) is 22.6. The maximum atomic E-state index is 3.74. The predicted octanol–water partition coefficient (Wildman–Crippen LogP) is 3.05. The van der Waals surface area contributed by atoms with Crippen LogP contribution in [0.4, 0.5) is 0 Å². The van der Waals surface area contributed by atoms with Crippen molar-refractivity contribution in [2.45, 2.75) is 57.5 Å². The van der Waals surface area contributed by atoms with Crippen LogP contribution in [0.5, 0.6) is 0 Å². The molecule has 1 N–H and O–H groups in total. The zero-order valence-corrected chi connectivity index (χ0v) is 9.83. The molecule has 1 atom stereocenters. The second-order valence-electron chi connectivity index (χ2n) is 4.21. The molecule has 0 heterocycles. The minimum absolute atomic E-state index is 0.693. The van der Waals surface area contributed by atoms with E-state index in [4.69, 9.17) is 0 Å². The molecule has 0 saturated heterocycles. The molecule has 1 nitrogen and oxygen atoms in total. The summed E-state index contributed by atoms with van der Waals surface area (Å²) in [7, 11) is 0. The Morgan fingerprint density at radius 1 is 1.23 bits per heavy atom. The van der Waals surface area contributed by atoms with Crippen LogP contribution >= 0.6 is 11.8 Å². The molecule has 0 radical (unpaired) electrons. The maximum absolute atomic E-state index is 3.74. The van der Waals surface area contributed by atoms with E-state index >= 15 is 0 Å². The Bertz CT molecular complexity index is 119. The van der Waals surface area contributed by atoms with Gasteiger partial charge in [-0.05, 0) is 26.0 Å². The van der Waals surface area contributed by atoms with E-state index in [1.54, 1.807) is 0 Å². The van der Waals surface area contributed by atoms with E-state index in [-0.39, 0.29) is 0 Å². The van der Waals surface area contributed by atoms with Crippen molar-refractivity contribution in [2.24, 2.45) is 0 Å². The van der Waals surface area contributed by atoms with Gasteiger partial charge in [-0.2, -0.15) is 11.8 Å². The molecule has 0 aliphatic heterocycles. The van der Waals surface area contributed by atoms with E-state index < -0.39 is 0 Å². The average Bonchev–Trinajstić information content (AvgIpc) is 2.33. The van der Waals surface area contributed by atoms with Gasteiger partial charge >= 0.3 is 0 Å². The molecule has 1 saturated carbocycles. The highest BCUT2D eigenvalue weighted by atomic mass is 32.2. The first kappa shape index (κ1) is 11.4. The molecule has 78 valence electrons. The fraction of sp³-hybridized carbons (Fsp3) is 1.00. The lowest BCUT2D eigenvalue weighted by Gasteiger charge is -2.21. The monoisotopic (exact) mass is 201 g/mol. The lowest BCUT2D eigenvalue weighted by molar-refractivity contribution is 0.425. The van der Waals surface area contributed by atoms with Crippen molar-refractivity contribution < 1.29 is 0 Å². The highest BCUT2D eigenvalue weighted by molar-refractivity contribution is 7.98. The molecule has 1 unspecified atom stereocenters. The van der Waals surface area contributed by atoms with Gasteiger partial charge in [0.1, 0.15) is 0 Å². The quantitative estimate of drug-likeness (QED) is 0.702. The summed E-state index contributed by atoms with van der Waals surface area (Å²) in [6.45, 7) is 2.31. The molecule has 0 aromatic rings. The lowest BCUT2D eigenvalue weighted by atomic mass is 10.1. The van der Waals surface area contributed by atoms with Crippen LogP contribution in [0.3, 0.4) is 0 Å². The van der Waals surface area contributed by atoms with Gasteiger partial charge in [0.2, 0.25) is 0 Å². The van der Waals surface area contributed by atoms with E-state index in [1.807, 2.05) is 11.8 Å². The summed E-state index contributed by atoms with van der Waals surface area (Å²) in [4.78, 5) is 0. The van der Waals surface area contributed by atoms with Crippen LogP contribution in [0.25, 0.3) is 0 Å². The first-order chi connectivity index (χ1) is 6.33. The second kappa shape index (κ2) is 6.72. The molecule has 0 amide bonds. The summed E-state index contributed by atoms with van der Waals surface area (Å²) in [5.74, 6) is 1.25. The molecule has 0 spiro atoms. The summed E-state index contributed by atoms with van der Waals surface area (Å²) in [5.41, 5.74) is 0. The number of hydrogen-bond donors (Lipinski definition) is 1. The Kier molecular flexibility index (Phi) is 5.88. The van der Waals surface area contributed by atoms with Crippen LogP contribution in [0.15, 0.2) is 0 Å². The molecular formula is C11H23NS. The van der Waals surface area contributed by atoms with Crippen molar-refractivity contribution >= 4 is 11.8 Å². The van der Waals surface area contributed by atoms with Crippen LogP contribution in [0.1, 0.15) is 45.4 Å². The highest BCUT2D eigenvalue weighted by Gasteiger charge is 2.13. The number of hydrogen-bond acceptors (Lipinski definition) is 2. The number of thioether (sulfide) groups is 1. The molecule has 1 aliphatic rings. The van der Waals surface area contributed by atoms with Crippen molar-refractivity contribution in [1.82, 2.24) is 5.32 Å². The van der Waals surface area contributed by atoms with Gasteiger partial charge in [0, 0.05) is 17.8 Å². The van der Waals surface area contributed by atoms with Crippen molar-refractivity contribution in [3.63, 3.8) is 0 Å². The van der Waals surface area contributed by atoms with Gasteiger partial charge < -0.3 is 5.32 Å². The lowest BCUT2D eigenvalue weighted by Crippen LogP contribution is -2.37. The van der Waals surface area contributed by atoms with E-state index in [1.165, 1.54) is 44.3 Å². The fourth-order valence-corrected chi connectivity index (χ4v) is 2.74. The molecule has 0 aromatic heterocycles. The Morgan fingerprint density at radius 2 is 1.85 bits per heavy atom. The van der Waals surface area contributed by atoms with Gasteiger partial charge in [-0.3, -0.25) is 0 Å². The van der Waals surface area contributed by atoms with Crippen LogP contribution < -0.4 is 5.32 Å². The SMILES string of the molecule is CSCC(C)NC1CCCCCC1. The predicted molar refractivity (Wildman–Crippen MR) is 62.5 cm³/mol. The molecule has 2 heteroatoms. The summed E-state index contributed by atoms with van der Waals surface area (Å²) < 4.78 is 0. The van der Waals surface area contributed by atoms with Crippen molar-refractivity contribution in [1.29, 1.82) is 0 Å². The van der Waals surface area contributed by atoms with Gasteiger partial charge in [-0.25, -0.2) is 0 Å². The molecular weight excluding hydrogens is 178 g/mol. The summed E-state index contributed by atoms with van der Waals surface area (Å²) >= 11 is 1.94. The molecule has 0 bridgehead atoms. The maximum Gasteiger partial charge on any atom is 0.0132 e. The van der Waals surface area contributed by atoms with Crippen molar-refractivity contribution in [3.8, 4) is 0 Å². The minimum Gasteiger partial charge on any atom is -0.311 e. The van der Waals surface area contributed by atoms with Crippen molar-refractivity contribution in [3.05, 3.63) is 0 Å². The van der Waals surface area contributed by atoms with Gasteiger partial charge in [-0.1, -0.05) is 25.7 Å². The van der Waals surface area contributed by atoms with Gasteiger partial charge in [0.15, 0.2) is 0 Å². The number of nitrogens with one attached hydrogen (secondary N) is 1. The van der Waals surface area contributed by atoms with E-state index in [2.05, 4.69) is 18.5 Å². The van der Waals surface area contributed by atoms with E-state index in [0.717, 1.165) is 6.04 Å². The third-order valence-electron chi connectivity index (χ3n) is 2.79. The van der Waals surface area contributed by atoms with Crippen LogP contribution in [0.2, 0.25) is 0 Å². The Hall–Kier alpha value is 0.310. The zero-order chi connectivity index (χ0) is 9.52. The Labute approximate surface area is 87.1 Å². The van der Waals surface area contributed by atoms with E-state index in [0.29, 0.717) is 6.04 Å². The van der Waals surface area contributed by atoms with Gasteiger partial charge in [0.05, 0.1) is 0 Å². The molecule has 0 aromatic carbocycles. The largest absolute Gasteiger partial charge is 0.311 e. The summed E-state index contributed by atoms with van der Waals surface area (Å²) in [6.07, 6.45) is 10.8. The zero-order valence-electron chi connectivity index (χ0n) is 9.01. The molecule has 1 fully saturated rings. The molecule has 1 rings (SSSR count). The summed E-state index contributed by atoms with van der Waals surface area (Å²) in [6, 6.07) is 1.50. The Balaban J connectivity index is 2.17. The molecule has 13 heavy (non-hydrogen) atoms. The van der Waals surface area contributed by atoms with Crippen LogP contribution in [-0.4, -0.2) is 24.1 Å². The fourth-order valence-electron chi connectivity index (χ4n) is 2.15.